The number of hydrogen-bond donors (Lipinski definition) is 0. The van der Waals surface area contributed by atoms with E-state index in [0.717, 1.165) is 56.9 Å². The molecule has 6 rings (SSSR count). The largest absolute Gasteiger partial charge is 0.462 e. The van der Waals surface area contributed by atoms with Crippen LogP contribution in [0.3, 0.4) is 0 Å². The molecule has 1 amide bonds. The van der Waals surface area contributed by atoms with Gasteiger partial charge >= 0.3 is 11.9 Å². The molecular formula is C38H57NO6. The van der Waals surface area contributed by atoms with Crippen molar-refractivity contribution in [3.05, 3.63) is 11.1 Å². The lowest BCUT2D eigenvalue weighted by Gasteiger charge is -2.72. The molecule has 9 atom stereocenters. The number of hydrogen-bond acceptors (Lipinski definition) is 6. The predicted octanol–water partition coefficient (Wildman–Crippen LogP) is 7.06. The zero-order valence-electron chi connectivity index (χ0n) is 29.3. The number of carbonyl (C=O) groups is 4. The Morgan fingerprint density at radius 1 is 0.822 bits per heavy atom. The maximum atomic E-state index is 14.1. The third-order valence-corrected chi connectivity index (χ3v) is 14.9. The maximum absolute atomic E-state index is 14.1. The van der Waals surface area contributed by atoms with Gasteiger partial charge in [-0.15, -0.1) is 0 Å². The summed E-state index contributed by atoms with van der Waals surface area (Å²) in [5.41, 5.74) is 1.35. The first-order valence-corrected chi connectivity index (χ1v) is 17.8. The number of esters is 2. The van der Waals surface area contributed by atoms with E-state index in [1.54, 1.807) is 0 Å². The molecule has 4 saturated carbocycles. The van der Waals surface area contributed by atoms with Crippen molar-refractivity contribution >= 4 is 23.6 Å². The predicted molar refractivity (Wildman–Crippen MR) is 172 cm³/mol. The molecule has 0 aromatic heterocycles. The standard InChI is InChI=1S/C38H57NO6/c1-22(2)30-26(42)21-38(32(45-24(4)41)33(43)39-19-10-20-39)18-17-36(8)25(31(30)38)11-12-28-35(7)15-14-29(44-23(3)40)34(5,6)27(35)13-16-37(28,36)9/h22,25,27-29,32H,10-21H2,1-9H3. The highest BCUT2D eigenvalue weighted by Gasteiger charge is 2.71. The fourth-order valence-electron chi connectivity index (χ4n) is 12.6. The van der Waals surface area contributed by atoms with Crippen molar-refractivity contribution in [3.8, 4) is 0 Å². The van der Waals surface area contributed by atoms with E-state index in [4.69, 9.17) is 9.47 Å². The Morgan fingerprint density at radius 3 is 2.09 bits per heavy atom. The Morgan fingerprint density at radius 2 is 1.51 bits per heavy atom. The van der Waals surface area contributed by atoms with Gasteiger partial charge in [0.2, 0.25) is 0 Å². The molecule has 1 heterocycles. The second kappa shape index (κ2) is 10.7. The molecule has 0 bridgehead atoms. The van der Waals surface area contributed by atoms with Gasteiger partial charge in [-0.25, -0.2) is 0 Å². The molecule has 7 nitrogen and oxygen atoms in total. The number of likely N-dealkylation sites (tertiary alicyclic amines) is 1. The van der Waals surface area contributed by atoms with Crippen LogP contribution >= 0.6 is 0 Å². The van der Waals surface area contributed by atoms with Crippen LogP contribution in [0.2, 0.25) is 0 Å². The van der Waals surface area contributed by atoms with Crippen molar-refractivity contribution in [2.75, 3.05) is 13.1 Å². The van der Waals surface area contributed by atoms with Crippen molar-refractivity contribution in [2.45, 2.75) is 139 Å². The number of fused-ring (bicyclic) bond motifs is 7. The molecule has 0 spiro atoms. The van der Waals surface area contributed by atoms with Gasteiger partial charge in [0.25, 0.3) is 5.91 Å². The van der Waals surface area contributed by atoms with Gasteiger partial charge in [0.15, 0.2) is 11.9 Å². The first kappa shape index (κ1) is 32.7. The van der Waals surface area contributed by atoms with Gasteiger partial charge in [-0.3, -0.25) is 19.2 Å². The molecule has 9 unspecified atom stereocenters. The Hall–Kier alpha value is -2.18. The molecule has 1 aliphatic heterocycles. The summed E-state index contributed by atoms with van der Waals surface area (Å²) in [5, 5.41) is 0. The topological polar surface area (TPSA) is 90.0 Å². The molecule has 7 heteroatoms. The van der Waals surface area contributed by atoms with Crippen LogP contribution in [0.5, 0.6) is 0 Å². The summed E-state index contributed by atoms with van der Waals surface area (Å²) in [6.07, 6.45) is 8.07. The molecule has 0 aromatic carbocycles. The molecule has 250 valence electrons. The molecular weight excluding hydrogens is 566 g/mol. The van der Waals surface area contributed by atoms with Crippen molar-refractivity contribution in [1.82, 2.24) is 4.90 Å². The molecule has 5 fully saturated rings. The number of ether oxygens (including phenoxy) is 2. The van der Waals surface area contributed by atoms with Crippen molar-refractivity contribution < 1.29 is 28.7 Å². The van der Waals surface area contributed by atoms with E-state index in [9.17, 15) is 19.2 Å². The molecule has 0 radical (unpaired) electrons. The monoisotopic (exact) mass is 623 g/mol. The van der Waals surface area contributed by atoms with Crippen LogP contribution in [0, 0.1) is 50.7 Å². The minimum atomic E-state index is -0.939. The average Bonchev–Trinajstić information content (AvgIpc) is 3.21. The van der Waals surface area contributed by atoms with Gasteiger partial charge in [0.05, 0.1) is 0 Å². The Bertz CT molecular complexity index is 1330. The smallest absolute Gasteiger partial charge is 0.303 e. The third-order valence-electron chi connectivity index (χ3n) is 14.9. The first-order chi connectivity index (χ1) is 20.9. The number of Topliss-reactive ketones (excluding diaryl/α,β-unsaturated/α-hetero) is 1. The summed E-state index contributed by atoms with van der Waals surface area (Å²) in [6, 6.07) is 0. The fraction of sp³-hybridized carbons (Fsp3) is 0.842. The lowest BCUT2D eigenvalue weighted by molar-refractivity contribution is -0.235. The van der Waals surface area contributed by atoms with Gasteiger partial charge < -0.3 is 14.4 Å². The minimum Gasteiger partial charge on any atom is -0.462 e. The van der Waals surface area contributed by atoms with Crippen LogP contribution in [0.25, 0.3) is 0 Å². The van der Waals surface area contributed by atoms with Crippen LogP contribution < -0.4 is 0 Å². The Balaban J connectivity index is 1.42. The number of ketones is 1. The van der Waals surface area contributed by atoms with Crippen LogP contribution in [0.15, 0.2) is 11.1 Å². The van der Waals surface area contributed by atoms with Gasteiger partial charge in [-0.2, -0.15) is 0 Å². The zero-order chi connectivity index (χ0) is 32.9. The van der Waals surface area contributed by atoms with Gasteiger partial charge in [0.1, 0.15) is 6.10 Å². The number of carbonyl (C=O) groups excluding carboxylic acids is 4. The molecule has 0 N–H and O–H groups in total. The summed E-state index contributed by atoms with van der Waals surface area (Å²) >= 11 is 0. The van der Waals surface area contributed by atoms with E-state index in [1.807, 2.05) is 4.90 Å². The molecule has 45 heavy (non-hydrogen) atoms. The average molecular weight is 624 g/mol. The van der Waals surface area contributed by atoms with Crippen molar-refractivity contribution in [3.63, 3.8) is 0 Å². The summed E-state index contributed by atoms with van der Waals surface area (Å²) in [4.78, 5) is 54.5. The maximum Gasteiger partial charge on any atom is 0.303 e. The van der Waals surface area contributed by atoms with E-state index >= 15 is 0 Å². The van der Waals surface area contributed by atoms with Gasteiger partial charge in [-0.1, -0.05) is 48.5 Å². The molecule has 6 aliphatic rings. The quantitative estimate of drug-likeness (QED) is 0.305. The Kier molecular flexibility index (Phi) is 7.76. The van der Waals surface area contributed by atoms with E-state index in [0.29, 0.717) is 31.3 Å². The lowest BCUT2D eigenvalue weighted by Crippen LogP contribution is -2.66. The summed E-state index contributed by atoms with van der Waals surface area (Å²) < 4.78 is 12.0. The molecule has 1 saturated heterocycles. The number of rotatable bonds is 5. The second-order valence-electron chi connectivity index (χ2n) is 17.5. The molecule has 5 aliphatic carbocycles. The normalized spacial score (nSPS) is 42.5. The first-order valence-electron chi connectivity index (χ1n) is 17.8. The number of amides is 1. The van der Waals surface area contributed by atoms with Gasteiger partial charge in [0, 0.05) is 44.2 Å². The van der Waals surface area contributed by atoms with Gasteiger partial charge in [-0.05, 0) is 109 Å². The highest BCUT2D eigenvalue weighted by Crippen LogP contribution is 2.77. The molecule has 0 aromatic rings. The van der Waals surface area contributed by atoms with Crippen LogP contribution in [0.4, 0.5) is 0 Å². The number of nitrogens with zero attached hydrogens (tertiary/aromatic N) is 1. The fourth-order valence-corrected chi connectivity index (χ4v) is 12.6. The van der Waals surface area contributed by atoms with E-state index in [-0.39, 0.29) is 63.7 Å². The highest BCUT2D eigenvalue weighted by molar-refractivity contribution is 6.02. The van der Waals surface area contributed by atoms with E-state index < -0.39 is 17.5 Å². The SMILES string of the molecule is CC(=O)OC(C(=O)N1CCC1)C12CCC3(C)C(CCC4C5(C)CCC(OC(C)=O)C(C)(C)C5CCC43C)C1=C(C(C)C)C(=O)C2. The lowest BCUT2D eigenvalue weighted by atomic mass is 9.33. The van der Waals surface area contributed by atoms with Crippen molar-refractivity contribution in [1.29, 1.82) is 0 Å². The van der Waals surface area contributed by atoms with Crippen molar-refractivity contribution in [2.24, 2.45) is 50.7 Å². The Labute approximate surface area is 270 Å². The minimum absolute atomic E-state index is 0.0463. The highest BCUT2D eigenvalue weighted by atomic mass is 16.6. The summed E-state index contributed by atoms with van der Waals surface area (Å²) in [7, 11) is 0. The van der Waals surface area contributed by atoms with E-state index in [1.165, 1.54) is 19.4 Å². The third kappa shape index (κ3) is 4.47. The van der Waals surface area contributed by atoms with Crippen LogP contribution in [-0.4, -0.2) is 53.8 Å². The van der Waals surface area contributed by atoms with Crippen LogP contribution in [-0.2, 0) is 28.7 Å². The number of allylic oxidation sites excluding steroid dienone is 1. The van der Waals surface area contributed by atoms with E-state index in [2.05, 4.69) is 48.5 Å². The zero-order valence-corrected chi connectivity index (χ0v) is 29.3. The van der Waals surface area contributed by atoms with Crippen LogP contribution in [0.1, 0.15) is 127 Å². The summed E-state index contributed by atoms with van der Waals surface area (Å²) in [6.45, 7) is 20.7. The second-order valence-corrected chi connectivity index (χ2v) is 17.5. The summed E-state index contributed by atoms with van der Waals surface area (Å²) in [5.74, 6) is 0.592.